The molecule has 1 unspecified atom stereocenters. The van der Waals surface area contributed by atoms with Crippen LogP contribution in [0.25, 0.3) is 0 Å². The first-order valence-electron chi connectivity index (χ1n) is 7.87. The van der Waals surface area contributed by atoms with Gasteiger partial charge >= 0.3 is 0 Å². The highest BCUT2D eigenvalue weighted by molar-refractivity contribution is 5.92. The largest absolute Gasteiger partial charge is 0.325 e. The van der Waals surface area contributed by atoms with E-state index in [0.29, 0.717) is 18.8 Å². The van der Waals surface area contributed by atoms with Gasteiger partial charge in [-0.05, 0) is 35.9 Å². The molecule has 0 saturated carbocycles. The average molecular weight is 368 g/mol. The van der Waals surface area contributed by atoms with E-state index in [2.05, 4.69) is 10.6 Å². The Labute approximate surface area is 151 Å². The van der Waals surface area contributed by atoms with Gasteiger partial charge in [-0.3, -0.25) is 9.69 Å². The number of piperazine rings is 1. The molecule has 1 atom stereocenters. The van der Waals surface area contributed by atoms with Crippen molar-refractivity contribution in [2.75, 3.05) is 31.5 Å². The first kappa shape index (κ1) is 19.3. The second kappa shape index (κ2) is 8.89. The summed E-state index contributed by atoms with van der Waals surface area (Å²) in [7, 11) is 0. The second-order valence-electron chi connectivity index (χ2n) is 5.80. The lowest BCUT2D eigenvalue weighted by molar-refractivity contribution is -0.118. The third-order valence-electron chi connectivity index (χ3n) is 4.04. The van der Waals surface area contributed by atoms with Crippen molar-refractivity contribution in [1.29, 1.82) is 0 Å². The maximum absolute atomic E-state index is 13.5. The lowest BCUT2D eigenvalue weighted by Gasteiger charge is -2.36. The van der Waals surface area contributed by atoms with Crippen LogP contribution in [0.3, 0.4) is 0 Å². The molecule has 0 spiro atoms. The van der Waals surface area contributed by atoms with Crippen LogP contribution in [0.5, 0.6) is 0 Å². The molecule has 3 rings (SSSR count). The summed E-state index contributed by atoms with van der Waals surface area (Å²) < 4.78 is 26.7. The highest BCUT2D eigenvalue weighted by Crippen LogP contribution is 2.22. The van der Waals surface area contributed by atoms with E-state index >= 15 is 0 Å². The number of hydrogen-bond acceptors (Lipinski definition) is 3. The number of anilines is 1. The van der Waals surface area contributed by atoms with Gasteiger partial charge in [-0.25, -0.2) is 8.78 Å². The number of carbonyl (C=O) groups excluding carboxylic acids is 1. The van der Waals surface area contributed by atoms with E-state index in [1.54, 1.807) is 18.2 Å². The Kier molecular flexibility index (Phi) is 6.87. The minimum absolute atomic E-state index is 0. The Morgan fingerprint density at radius 3 is 2.60 bits per heavy atom. The second-order valence-corrected chi connectivity index (χ2v) is 5.80. The van der Waals surface area contributed by atoms with Gasteiger partial charge in [0.05, 0.1) is 6.54 Å². The Bertz CT molecular complexity index is 729. The topological polar surface area (TPSA) is 44.4 Å². The van der Waals surface area contributed by atoms with Crippen LogP contribution in [-0.2, 0) is 4.79 Å². The number of benzene rings is 2. The molecule has 1 heterocycles. The summed E-state index contributed by atoms with van der Waals surface area (Å²) in [6.45, 7) is 2.26. The van der Waals surface area contributed by atoms with Gasteiger partial charge in [0.15, 0.2) is 0 Å². The fourth-order valence-electron chi connectivity index (χ4n) is 2.93. The van der Waals surface area contributed by atoms with Crippen molar-refractivity contribution in [1.82, 2.24) is 10.2 Å². The molecule has 0 aliphatic carbocycles. The van der Waals surface area contributed by atoms with Crippen molar-refractivity contribution in [2.45, 2.75) is 6.04 Å². The molecule has 7 heteroatoms. The number of hydrogen-bond donors (Lipinski definition) is 2. The van der Waals surface area contributed by atoms with Gasteiger partial charge in [-0.2, -0.15) is 0 Å². The van der Waals surface area contributed by atoms with Gasteiger partial charge in [-0.1, -0.05) is 18.2 Å². The number of nitrogens with one attached hydrogen (secondary N) is 2. The summed E-state index contributed by atoms with van der Waals surface area (Å²) in [5.41, 5.74) is 1.26. The van der Waals surface area contributed by atoms with E-state index in [9.17, 15) is 13.6 Å². The number of rotatable bonds is 4. The van der Waals surface area contributed by atoms with Gasteiger partial charge < -0.3 is 10.6 Å². The Morgan fingerprint density at radius 1 is 1.16 bits per heavy atom. The van der Waals surface area contributed by atoms with Crippen molar-refractivity contribution in [2.24, 2.45) is 0 Å². The zero-order valence-corrected chi connectivity index (χ0v) is 14.4. The standard InChI is InChI=1S/C18H19F2N3O.ClH/c19-14-4-1-3-13(9-14)17-11-21-7-8-23(17)12-18(24)22-16-6-2-5-15(20)10-16;/h1-6,9-10,17,21H,7-8,11-12H2,(H,22,24);1H. The van der Waals surface area contributed by atoms with E-state index in [-0.39, 0.29) is 36.7 Å². The molecule has 25 heavy (non-hydrogen) atoms. The van der Waals surface area contributed by atoms with Crippen LogP contribution in [0.15, 0.2) is 48.5 Å². The minimum Gasteiger partial charge on any atom is -0.325 e. The first-order chi connectivity index (χ1) is 11.6. The summed E-state index contributed by atoms with van der Waals surface area (Å²) in [5, 5.41) is 5.97. The summed E-state index contributed by atoms with van der Waals surface area (Å²) >= 11 is 0. The molecule has 134 valence electrons. The van der Waals surface area contributed by atoms with Crippen LogP contribution < -0.4 is 10.6 Å². The van der Waals surface area contributed by atoms with Gasteiger partial charge in [0.1, 0.15) is 11.6 Å². The van der Waals surface area contributed by atoms with Crippen molar-refractivity contribution in [3.05, 3.63) is 65.7 Å². The molecule has 1 saturated heterocycles. The molecule has 2 aromatic carbocycles. The fourth-order valence-corrected chi connectivity index (χ4v) is 2.93. The van der Waals surface area contributed by atoms with Crippen molar-refractivity contribution >= 4 is 24.0 Å². The SMILES string of the molecule is Cl.O=C(CN1CCNCC1c1cccc(F)c1)Nc1cccc(F)c1. The van der Waals surface area contributed by atoms with E-state index < -0.39 is 5.82 Å². The molecule has 4 nitrogen and oxygen atoms in total. The molecule has 2 aromatic rings. The molecule has 1 fully saturated rings. The minimum atomic E-state index is -0.396. The molecule has 2 N–H and O–H groups in total. The third kappa shape index (κ3) is 5.22. The normalized spacial score (nSPS) is 17.6. The van der Waals surface area contributed by atoms with Gasteiger partial charge in [0, 0.05) is 31.4 Å². The molecule has 1 aliphatic rings. The lowest BCUT2D eigenvalue weighted by atomic mass is 10.0. The van der Waals surface area contributed by atoms with Crippen molar-refractivity contribution in [3.63, 3.8) is 0 Å². The highest BCUT2D eigenvalue weighted by Gasteiger charge is 2.25. The Morgan fingerprint density at radius 2 is 1.88 bits per heavy atom. The van der Waals surface area contributed by atoms with Crippen molar-refractivity contribution in [3.8, 4) is 0 Å². The van der Waals surface area contributed by atoms with E-state index in [1.807, 2.05) is 11.0 Å². The maximum Gasteiger partial charge on any atom is 0.238 e. The number of amides is 1. The lowest BCUT2D eigenvalue weighted by Crippen LogP contribution is -2.48. The summed E-state index contributed by atoms with van der Waals surface area (Å²) in [5.74, 6) is -0.904. The van der Waals surface area contributed by atoms with E-state index in [4.69, 9.17) is 0 Å². The van der Waals surface area contributed by atoms with Gasteiger partial charge in [0.2, 0.25) is 5.91 Å². The van der Waals surface area contributed by atoms with E-state index in [1.165, 1.54) is 24.3 Å². The molecular formula is C18H20ClF2N3O. The number of nitrogens with zero attached hydrogens (tertiary/aromatic N) is 1. The third-order valence-corrected chi connectivity index (χ3v) is 4.04. The number of halogens is 3. The summed E-state index contributed by atoms with van der Waals surface area (Å²) in [6, 6.07) is 12.1. The quantitative estimate of drug-likeness (QED) is 0.873. The van der Waals surface area contributed by atoms with Crippen LogP contribution in [-0.4, -0.2) is 37.0 Å². The molecule has 0 aromatic heterocycles. The molecule has 1 amide bonds. The number of carbonyl (C=O) groups is 1. The smallest absolute Gasteiger partial charge is 0.238 e. The Hall–Kier alpha value is -2.02. The predicted octanol–water partition coefficient (Wildman–Crippen LogP) is 2.97. The molecule has 1 aliphatic heterocycles. The Balaban J connectivity index is 0.00000225. The van der Waals surface area contributed by atoms with Crippen LogP contribution in [0.1, 0.15) is 11.6 Å². The first-order valence-corrected chi connectivity index (χ1v) is 7.87. The van der Waals surface area contributed by atoms with E-state index in [0.717, 1.165) is 12.1 Å². The summed E-state index contributed by atoms with van der Waals surface area (Å²) in [4.78, 5) is 14.3. The van der Waals surface area contributed by atoms with Gasteiger partial charge in [0.25, 0.3) is 0 Å². The molecule has 0 radical (unpaired) electrons. The zero-order chi connectivity index (χ0) is 16.9. The predicted molar refractivity (Wildman–Crippen MR) is 95.9 cm³/mol. The average Bonchev–Trinajstić information content (AvgIpc) is 2.55. The maximum atomic E-state index is 13.5. The fraction of sp³-hybridized carbons (Fsp3) is 0.278. The summed E-state index contributed by atoms with van der Waals surface area (Å²) in [6.07, 6.45) is 0. The van der Waals surface area contributed by atoms with Crippen molar-refractivity contribution < 1.29 is 13.6 Å². The molecular weight excluding hydrogens is 348 g/mol. The van der Waals surface area contributed by atoms with Gasteiger partial charge in [-0.15, -0.1) is 12.4 Å². The van der Waals surface area contributed by atoms with Crippen LogP contribution in [0, 0.1) is 11.6 Å². The van der Waals surface area contributed by atoms with Crippen LogP contribution >= 0.6 is 12.4 Å². The zero-order valence-electron chi connectivity index (χ0n) is 13.5. The van der Waals surface area contributed by atoms with Crippen LogP contribution in [0.4, 0.5) is 14.5 Å². The highest BCUT2D eigenvalue weighted by atomic mass is 35.5. The van der Waals surface area contributed by atoms with Crippen LogP contribution in [0.2, 0.25) is 0 Å². The molecule has 0 bridgehead atoms. The monoisotopic (exact) mass is 367 g/mol.